The SMILES string of the molecule is CN(C(=O)O)c1cnc2nc(N3CCCC3)n(Cc3ccccc3)c2c1. The minimum absolute atomic E-state index is 0.534. The first-order chi connectivity index (χ1) is 12.6. The molecule has 1 saturated heterocycles. The molecule has 0 spiro atoms. The van der Waals surface area contributed by atoms with E-state index in [1.807, 2.05) is 24.3 Å². The average molecular weight is 351 g/mol. The second kappa shape index (κ2) is 6.67. The summed E-state index contributed by atoms with van der Waals surface area (Å²) in [5, 5.41) is 9.26. The molecule has 3 aromatic rings. The van der Waals surface area contributed by atoms with Crippen LogP contribution in [0.3, 0.4) is 0 Å². The van der Waals surface area contributed by atoms with E-state index in [1.165, 1.54) is 17.5 Å². The standard InChI is InChI=1S/C19H21N5O2/c1-22(19(25)26)15-11-16-17(20-12-15)21-18(23-9-5-6-10-23)24(16)13-14-7-3-2-4-8-14/h2-4,7-8,11-12H,5-6,9-10,13H2,1H3,(H,25,26). The number of rotatable bonds is 4. The second-order valence-electron chi connectivity index (χ2n) is 6.56. The Morgan fingerprint density at radius 3 is 2.65 bits per heavy atom. The lowest BCUT2D eigenvalue weighted by molar-refractivity contribution is 0.203. The molecule has 4 rings (SSSR count). The summed E-state index contributed by atoms with van der Waals surface area (Å²) in [6.07, 6.45) is 2.87. The Morgan fingerprint density at radius 1 is 1.23 bits per heavy atom. The van der Waals surface area contributed by atoms with Crippen LogP contribution >= 0.6 is 0 Å². The van der Waals surface area contributed by atoms with Crippen molar-refractivity contribution in [1.29, 1.82) is 0 Å². The molecule has 1 N–H and O–H groups in total. The van der Waals surface area contributed by atoms with Gasteiger partial charge in [-0.15, -0.1) is 0 Å². The Labute approximate surface area is 151 Å². The Balaban J connectivity index is 1.83. The molecule has 3 heterocycles. The molecule has 1 amide bonds. The first kappa shape index (κ1) is 16.4. The van der Waals surface area contributed by atoms with E-state index in [9.17, 15) is 9.90 Å². The summed E-state index contributed by atoms with van der Waals surface area (Å²) in [6, 6.07) is 12.1. The Morgan fingerprint density at radius 2 is 1.96 bits per heavy atom. The van der Waals surface area contributed by atoms with Crippen molar-refractivity contribution in [2.45, 2.75) is 19.4 Å². The molecule has 0 unspecified atom stereocenters. The van der Waals surface area contributed by atoms with Gasteiger partial charge in [0.1, 0.15) is 0 Å². The number of hydrogen-bond acceptors (Lipinski definition) is 4. The fraction of sp³-hybridized carbons (Fsp3) is 0.316. The molecule has 0 radical (unpaired) electrons. The minimum atomic E-state index is -1.01. The minimum Gasteiger partial charge on any atom is -0.465 e. The van der Waals surface area contributed by atoms with Gasteiger partial charge >= 0.3 is 6.09 Å². The van der Waals surface area contributed by atoms with Gasteiger partial charge < -0.3 is 14.6 Å². The summed E-state index contributed by atoms with van der Waals surface area (Å²) in [5.41, 5.74) is 3.20. The summed E-state index contributed by atoms with van der Waals surface area (Å²) in [5.74, 6) is 0.906. The van der Waals surface area contributed by atoms with Crippen molar-refractivity contribution in [3.05, 3.63) is 48.2 Å². The first-order valence-electron chi connectivity index (χ1n) is 8.75. The van der Waals surface area contributed by atoms with Crippen LogP contribution in [0, 0.1) is 0 Å². The molecule has 0 atom stereocenters. The number of imidazole rings is 1. The highest BCUT2D eigenvalue weighted by Gasteiger charge is 2.22. The van der Waals surface area contributed by atoms with Crippen molar-refractivity contribution in [3.8, 4) is 0 Å². The van der Waals surface area contributed by atoms with E-state index in [2.05, 4.69) is 26.6 Å². The van der Waals surface area contributed by atoms with Crippen molar-refractivity contribution >= 4 is 28.9 Å². The van der Waals surface area contributed by atoms with Gasteiger partial charge in [-0.05, 0) is 24.5 Å². The van der Waals surface area contributed by atoms with Gasteiger partial charge in [0, 0.05) is 20.1 Å². The molecule has 0 aliphatic carbocycles. The molecule has 0 bridgehead atoms. The van der Waals surface area contributed by atoms with E-state index in [-0.39, 0.29) is 0 Å². The number of pyridine rings is 1. The molecule has 1 aliphatic heterocycles. The highest BCUT2D eigenvalue weighted by Crippen LogP contribution is 2.28. The van der Waals surface area contributed by atoms with E-state index in [0.29, 0.717) is 17.9 Å². The number of hydrogen-bond donors (Lipinski definition) is 1. The molecule has 134 valence electrons. The van der Waals surface area contributed by atoms with Crippen molar-refractivity contribution in [2.24, 2.45) is 0 Å². The van der Waals surface area contributed by atoms with E-state index in [1.54, 1.807) is 6.20 Å². The maximum Gasteiger partial charge on any atom is 0.411 e. The molecule has 7 nitrogen and oxygen atoms in total. The van der Waals surface area contributed by atoms with Gasteiger partial charge in [-0.2, -0.15) is 4.98 Å². The zero-order chi connectivity index (χ0) is 18.1. The fourth-order valence-electron chi connectivity index (χ4n) is 3.36. The highest BCUT2D eigenvalue weighted by atomic mass is 16.4. The maximum absolute atomic E-state index is 11.3. The number of benzene rings is 1. The van der Waals surface area contributed by atoms with E-state index >= 15 is 0 Å². The van der Waals surface area contributed by atoms with Crippen molar-refractivity contribution in [2.75, 3.05) is 29.9 Å². The van der Waals surface area contributed by atoms with Gasteiger partial charge in [-0.25, -0.2) is 9.78 Å². The van der Waals surface area contributed by atoms with Gasteiger partial charge in [0.15, 0.2) is 5.65 Å². The average Bonchev–Trinajstić information content (AvgIpc) is 3.30. The molecular weight excluding hydrogens is 330 g/mol. The predicted octanol–water partition coefficient (Wildman–Crippen LogP) is 3.19. The van der Waals surface area contributed by atoms with Crippen molar-refractivity contribution in [3.63, 3.8) is 0 Å². The topological polar surface area (TPSA) is 74.5 Å². The lowest BCUT2D eigenvalue weighted by atomic mass is 10.2. The second-order valence-corrected chi connectivity index (χ2v) is 6.56. The summed E-state index contributed by atoms with van der Waals surface area (Å²) < 4.78 is 2.14. The molecule has 1 aliphatic rings. The first-order valence-corrected chi connectivity index (χ1v) is 8.75. The highest BCUT2D eigenvalue weighted by molar-refractivity contribution is 5.88. The third-order valence-corrected chi connectivity index (χ3v) is 4.82. The van der Waals surface area contributed by atoms with Gasteiger partial charge in [-0.3, -0.25) is 4.90 Å². The molecule has 0 saturated carbocycles. The summed E-state index contributed by atoms with van der Waals surface area (Å²) in [7, 11) is 1.52. The Bertz CT molecular complexity index is 932. The monoisotopic (exact) mass is 351 g/mol. The number of nitrogens with zero attached hydrogens (tertiary/aromatic N) is 5. The summed E-state index contributed by atoms with van der Waals surface area (Å²) >= 11 is 0. The van der Waals surface area contributed by atoms with Crippen LogP contribution in [0.2, 0.25) is 0 Å². The number of anilines is 2. The summed E-state index contributed by atoms with van der Waals surface area (Å²) in [6.45, 7) is 2.64. The van der Waals surface area contributed by atoms with Gasteiger partial charge in [0.05, 0.1) is 23.9 Å². The normalized spacial score (nSPS) is 14.1. The third-order valence-electron chi connectivity index (χ3n) is 4.82. The molecule has 2 aromatic heterocycles. The zero-order valence-electron chi connectivity index (χ0n) is 14.7. The largest absolute Gasteiger partial charge is 0.465 e. The zero-order valence-corrected chi connectivity index (χ0v) is 14.7. The van der Waals surface area contributed by atoms with E-state index in [0.717, 1.165) is 37.4 Å². The predicted molar refractivity (Wildman–Crippen MR) is 101 cm³/mol. The van der Waals surface area contributed by atoms with E-state index < -0.39 is 6.09 Å². The summed E-state index contributed by atoms with van der Waals surface area (Å²) in [4.78, 5) is 23.9. The van der Waals surface area contributed by atoms with Gasteiger partial charge in [0.2, 0.25) is 5.95 Å². The Kier molecular flexibility index (Phi) is 4.20. The van der Waals surface area contributed by atoms with Crippen LogP contribution in [-0.4, -0.2) is 45.9 Å². The third kappa shape index (κ3) is 2.96. The van der Waals surface area contributed by atoms with E-state index in [4.69, 9.17) is 4.98 Å². The fourth-order valence-corrected chi connectivity index (χ4v) is 3.36. The number of carboxylic acid groups (broad SMARTS) is 1. The van der Waals surface area contributed by atoms with Crippen LogP contribution in [0.25, 0.3) is 11.2 Å². The maximum atomic E-state index is 11.3. The molecule has 26 heavy (non-hydrogen) atoms. The lowest BCUT2D eigenvalue weighted by Gasteiger charge is -2.19. The molecule has 7 heteroatoms. The number of aromatic nitrogens is 3. The number of fused-ring (bicyclic) bond motifs is 1. The van der Waals surface area contributed by atoms with Crippen LogP contribution in [0.15, 0.2) is 42.6 Å². The van der Waals surface area contributed by atoms with Crippen LogP contribution in [0.1, 0.15) is 18.4 Å². The van der Waals surface area contributed by atoms with Crippen molar-refractivity contribution < 1.29 is 9.90 Å². The van der Waals surface area contributed by atoms with Crippen LogP contribution in [0.5, 0.6) is 0 Å². The van der Waals surface area contributed by atoms with Gasteiger partial charge in [0.25, 0.3) is 0 Å². The Hall–Kier alpha value is -3.09. The van der Waals surface area contributed by atoms with Crippen LogP contribution in [-0.2, 0) is 6.54 Å². The number of amides is 1. The molecular formula is C19H21N5O2. The smallest absolute Gasteiger partial charge is 0.411 e. The molecule has 1 fully saturated rings. The lowest BCUT2D eigenvalue weighted by Crippen LogP contribution is -2.24. The van der Waals surface area contributed by atoms with Crippen LogP contribution < -0.4 is 9.80 Å². The van der Waals surface area contributed by atoms with Gasteiger partial charge in [-0.1, -0.05) is 30.3 Å². The van der Waals surface area contributed by atoms with Crippen molar-refractivity contribution in [1.82, 2.24) is 14.5 Å². The number of carbonyl (C=O) groups is 1. The quantitative estimate of drug-likeness (QED) is 0.781. The molecule has 1 aromatic carbocycles. The van der Waals surface area contributed by atoms with Crippen LogP contribution in [0.4, 0.5) is 16.4 Å².